The van der Waals surface area contributed by atoms with Crippen LogP contribution in [0.1, 0.15) is 39.7 Å². The van der Waals surface area contributed by atoms with Gasteiger partial charge in [-0.05, 0) is 37.6 Å². The molecule has 1 heterocycles. The van der Waals surface area contributed by atoms with Gasteiger partial charge in [0, 0.05) is 18.8 Å². The Bertz CT molecular complexity index is 432. The Labute approximate surface area is 122 Å². The highest BCUT2D eigenvalue weighted by atomic mass is 15.2. The van der Waals surface area contributed by atoms with Crippen molar-refractivity contribution in [3.63, 3.8) is 0 Å². The van der Waals surface area contributed by atoms with Crippen LogP contribution in [-0.2, 0) is 0 Å². The van der Waals surface area contributed by atoms with Crippen LogP contribution in [0.3, 0.4) is 0 Å². The smallest absolute Gasteiger partial charge is 0.143 e. The summed E-state index contributed by atoms with van der Waals surface area (Å²) >= 11 is 0. The predicted molar refractivity (Wildman–Crippen MR) is 83.6 cm³/mol. The van der Waals surface area contributed by atoms with Gasteiger partial charge in [-0.15, -0.1) is 0 Å². The number of anilines is 1. The first-order valence-corrected chi connectivity index (χ1v) is 7.45. The summed E-state index contributed by atoms with van der Waals surface area (Å²) in [5.41, 5.74) is 0.607. The lowest BCUT2D eigenvalue weighted by atomic mass is 10.0. The Morgan fingerprint density at radius 1 is 1.35 bits per heavy atom. The maximum absolute atomic E-state index is 9.09. The van der Waals surface area contributed by atoms with E-state index in [0.29, 0.717) is 23.3 Å². The van der Waals surface area contributed by atoms with Crippen LogP contribution in [0, 0.1) is 17.2 Å². The molecule has 1 N–H and O–H groups in total. The minimum Gasteiger partial charge on any atom is -0.367 e. The average Bonchev–Trinajstić information content (AvgIpc) is 2.45. The van der Waals surface area contributed by atoms with Crippen molar-refractivity contribution >= 4 is 5.82 Å². The topological polar surface area (TPSA) is 52.0 Å². The van der Waals surface area contributed by atoms with E-state index < -0.39 is 0 Å². The second-order valence-corrected chi connectivity index (χ2v) is 5.40. The summed E-state index contributed by atoms with van der Waals surface area (Å²) in [7, 11) is 0. The van der Waals surface area contributed by atoms with E-state index in [1.54, 1.807) is 18.3 Å². The molecule has 4 nitrogen and oxygen atoms in total. The van der Waals surface area contributed by atoms with Gasteiger partial charge < -0.3 is 5.32 Å². The van der Waals surface area contributed by atoms with Crippen LogP contribution >= 0.6 is 0 Å². The minimum atomic E-state index is 0.471. The van der Waals surface area contributed by atoms with Gasteiger partial charge in [0.25, 0.3) is 0 Å². The van der Waals surface area contributed by atoms with Crippen molar-refractivity contribution in [2.24, 2.45) is 5.92 Å². The summed E-state index contributed by atoms with van der Waals surface area (Å²) in [4.78, 5) is 6.72. The van der Waals surface area contributed by atoms with Crippen LogP contribution in [-0.4, -0.2) is 35.6 Å². The number of nitriles is 1. The van der Waals surface area contributed by atoms with Crippen LogP contribution in [0.5, 0.6) is 0 Å². The van der Waals surface area contributed by atoms with E-state index in [9.17, 15) is 0 Å². The van der Waals surface area contributed by atoms with Crippen LogP contribution in [0.25, 0.3) is 0 Å². The first-order valence-electron chi connectivity index (χ1n) is 7.45. The SMILES string of the molecule is CCN(CC)C(CNc1ncccc1C#N)CC(C)C. The molecule has 0 aliphatic heterocycles. The summed E-state index contributed by atoms with van der Waals surface area (Å²) in [5, 5.41) is 12.4. The van der Waals surface area contributed by atoms with Crippen LogP contribution in [0.2, 0.25) is 0 Å². The molecule has 4 heteroatoms. The maximum Gasteiger partial charge on any atom is 0.143 e. The maximum atomic E-state index is 9.09. The Balaban J connectivity index is 2.73. The number of nitrogens with zero attached hydrogens (tertiary/aromatic N) is 3. The highest BCUT2D eigenvalue weighted by molar-refractivity contribution is 5.51. The zero-order chi connectivity index (χ0) is 15.0. The quantitative estimate of drug-likeness (QED) is 0.791. The molecule has 20 heavy (non-hydrogen) atoms. The fraction of sp³-hybridized carbons (Fsp3) is 0.625. The molecule has 0 saturated heterocycles. The molecule has 110 valence electrons. The van der Waals surface area contributed by atoms with Gasteiger partial charge in [-0.1, -0.05) is 27.7 Å². The van der Waals surface area contributed by atoms with Crippen molar-refractivity contribution in [2.45, 2.75) is 40.2 Å². The third kappa shape index (κ3) is 4.82. The van der Waals surface area contributed by atoms with E-state index >= 15 is 0 Å². The Morgan fingerprint density at radius 3 is 2.60 bits per heavy atom. The number of aromatic nitrogens is 1. The van der Waals surface area contributed by atoms with E-state index in [4.69, 9.17) is 5.26 Å². The lowest BCUT2D eigenvalue weighted by Gasteiger charge is -2.31. The molecule has 0 amide bonds. The van der Waals surface area contributed by atoms with Gasteiger partial charge >= 0.3 is 0 Å². The number of rotatable bonds is 8. The first kappa shape index (κ1) is 16.5. The highest BCUT2D eigenvalue weighted by Gasteiger charge is 2.17. The van der Waals surface area contributed by atoms with Crippen molar-refractivity contribution in [1.82, 2.24) is 9.88 Å². The molecule has 0 saturated carbocycles. The van der Waals surface area contributed by atoms with E-state index in [2.05, 4.69) is 49.0 Å². The summed E-state index contributed by atoms with van der Waals surface area (Å²) in [6.45, 7) is 11.8. The van der Waals surface area contributed by atoms with E-state index in [0.717, 1.165) is 26.1 Å². The third-order valence-electron chi connectivity index (χ3n) is 3.51. The summed E-state index contributed by atoms with van der Waals surface area (Å²) in [6.07, 6.45) is 2.86. The Hall–Kier alpha value is -1.60. The molecule has 1 aromatic heterocycles. The Kier molecular flexibility index (Phi) is 7.03. The molecule has 0 fully saturated rings. The van der Waals surface area contributed by atoms with Gasteiger partial charge in [-0.25, -0.2) is 4.98 Å². The highest BCUT2D eigenvalue weighted by Crippen LogP contribution is 2.14. The van der Waals surface area contributed by atoms with Crippen molar-refractivity contribution in [3.8, 4) is 6.07 Å². The standard InChI is InChI=1S/C16H26N4/c1-5-20(6-2)15(10-13(3)4)12-19-16-14(11-17)8-7-9-18-16/h7-9,13,15H,5-6,10,12H2,1-4H3,(H,18,19). The molecule has 1 unspecified atom stereocenters. The molecule has 1 atom stereocenters. The number of nitrogens with one attached hydrogen (secondary N) is 1. The summed E-state index contributed by atoms with van der Waals surface area (Å²) in [6, 6.07) is 6.24. The molecular formula is C16H26N4. The second-order valence-electron chi connectivity index (χ2n) is 5.40. The van der Waals surface area contributed by atoms with Crippen LogP contribution < -0.4 is 5.32 Å². The normalized spacial score (nSPS) is 12.4. The van der Waals surface area contributed by atoms with E-state index in [1.807, 2.05) is 0 Å². The van der Waals surface area contributed by atoms with Crippen molar-refractivity contribution in [2.75, 3.05) is 25.0 Å². The van der Waals surface area contributed by atoms with Gasteiger partial charge in [0.1, 0.15) is 11.9 Å². The first-order chi connectivity index (χ1) is 9.62. The van der Waals surface area contributed by atoms with Crippen LogP contribution in [0.15, 0.2) is 18.3 Å². The Morgan fingerprint density at radius 2 is 2.05 bits per heavy atom. The van der Waals surface area contributed by atoms with Gasteiger partial charge in [0.2, 0.25) is 0 Å². The molecule has 0 aliphatic rings. The molecule has 1 rings (SSSR count). The largest absolute Gasteiger partial charge is 0.367 e. The zero-order valence-corrected chi connectivity index (χ0v) is 13.1. The summed E-state index contributed by atoms with van der Waals surface area (Å²) in [5.74, 6) is 1.34. The molecule has 0 spiro atoms. The van der Waals surface area contributed by atoms with Gasteiger partial charge in [-0.3, -0.25) is 4.90 Å². The predicted octanol–water partition coefficient (Wildman–Crippen LogP) is 3.12. The molecule has 0 bridgehead atoms. The van der Waals surface area contributed by atoms with Crippen molar-refractivity contribution < 1.29 is 0 Å². The van der Waals surface area contributed by atoms with Crippen molar-refractivity contribution in [3.05, 3.63) is 23.9 Å². The second kappa shape index (κ2) is 8.55. The van der Waals surface area contributed by atoms with E-state index in [-0.39, 0.29) is 0 Å². The lowest BCUT2D eigenvalue weighted by molar-refractivity contribution is 0.199. The van der Waals surface area contributed by atoms with Crippen LogP contribution in [0.4, 0.5) is 5.82 Å². The van der Waals surface area contributed by atoms with E-state index in [1.165, 1.54) is 0 Å². The number of hydrogen-bond acceptors (Lipinski definition) is 4. The molecule has 0 radical (unpaired) electrons. The molecular weight excluding hydrogens is 248 g/mol. The fourth-order valence-electron chi connectivity index (χ4n) is 2.50. The fourth-order valence-corrected chi connectivity index (χ4v) is 2.50. The van der Waals surface area contributed by atoms with Gasteiger partial charge in [0.05, 0.1) is 5.56 Å². The average molecular weight is 274 g/mol. The molecule has 0 aromatic carbocycles. The van der Waals surface area contributed by atoms with Crippen molar-refractivity contribution in [1.29, 1.82) is 5.26 Å². The summed E-state index contributed by atoms with van der Waals surface area (Å²) < 4.78 is 0. The third-order valence-corrected chi connectivity index (χ3v) is 3.51. The number of hydrogen-bond donors (Lipinski definition) is 1. The lowest BCUT2D eigenvalue weighted by Crippen LogP contribution is -2.41. The zero-order valence-electron chi connectivity index (χ0n) is 13.1. The van der Waals surface area contributed by atoms with Gasteiger partial charge in [0.15, 0.2) is 0 Å². The monoisotopic (exact) mass is 274 g/mol. The minimum absolute atomic E-state index is 0.471. The molecule has 0 aliphatic carbocycles. The van der Waals surface area contributed by atoms with Gasteiger partial charge in [-0.2, -0.15) is 5.26 Å². The molecule has 1 aromatic rings. The number of pyridine rings is 1. The number of likely N-dealkylation sites (N-methyl/N-ethyl adjacent to an activating group) is 1.